The van der Waals surface area contributed by atoms with Crippen molar-refractivity contribution in [1.29, 1.82) is 0 Å². The van der Waals surface area contributed by atoms with Crippen molar-refractivity contribution in [2.24, 2.45) is 0 Å². The zero-order valence-electron chi connectivity index (χ0n) is 8.87. The predicted molar refractivity (Wildman–Crippen MR) is 64.9 cm³/mol. The molecule has 1 aromatic carbocycles. The minimum absolute atomic E-state index is 0.378. The first-order valence-electron chi connectivity index (χ1n) is 5.32. The van der Waals surface area contributed by atoms with Gasteiger partial charge < -0.3 is 10.1 Å². The Morgan fingerprint density at radius 3 is 2.73 bits per heavy atom. The molecule has 2 rings (SSSR count). The molecule has 1 saturated heterocycles. The van der Waals surface area contributed by atoms with Gasteiger partial charge in [0.05, 0.1) is 6.10 Å². The van der Waals surface area contributed by atoms with Gasteiger partial charge in [0.2, 0.25) is 0 Å². The molecule has 1 aliphatic heterocycles. The summed E-state index contributed by atoms with van der Waals surface area (Å²) in [6, 6.07) is 8.87. The molecule has 3 heteroatoms. The summed E-state index contributed by atoms with van der Waals surface area (Å²) in [6.45, 7) is 0.947. The molecular weight excluding hydrogens is 254 g/mol. The number of rotatable bonds is 2. The van der Waals surface area contributed by atoms with Crippen LogP contribution in [0, 0.1) is 0 Å². The fourth-order valence-electron chi connectivity index (χ4n) is 2.05. The Morgan fingerprint density at radius 2 is 2.13 bits per heavy atom. The third-order valence-electron chi connectivity index (χ3n) is 2.98. The molecular formula is C12H16BrNO. The summed E-state index contributed by atoms with van der Waals surface area (Å²) in [5.41, 5.74) is 1.35. The lowest BCUT2D eigenvalue weighted by atomic mass is 9.96. The molecule has 82 valence electrons. The van der Waals surface area contributed by atoms with Crippen LogP contribution in [-0.2, 0) is 4.74 Å². The molecule has 0 amide bonds. The van der Waals surface area contributed by atoms with Crippen LogP contribution < -0.4 is 5.32 Å². The zero-order valence-corrected chi connectivity index (χ0v) is 10.5. The summed E-state index contributed by atoms with van der Waals surface area (Å²) in [4.78, 5) is 0. The number of nitrogens with one attached hydrogen (secondary N) is 1. The fourth-order valence-corrected chi connectivity index (χ4v) is 2.62. The van der Waals surface area contributed by atoms with Gasteiger partial charge in [0.25, 0.3) is 0 Å². The van der Waals surface area contributed by atoms with Crippen molar-refractivity contribution in [2.45, 2.75) is 25.0 Å². The Hall–Kier alpha value is -0.380. The maximum atomic E-state index is 5.33. The van der Waals surface area contributed by atoms with Crippen molar-refractivity contribution in [3.05, 3.63) is 34.3 Å². The first kappa shape index (κ1) is 11.1. The van der Waals surface area contributed by atoms with E-state index in [2.05, 4.69) is 39.4 Å². The SMILES string of the molecule is COC1CCC(c2ccccc2Br)NC1. The molecule has 15 heavy (non-hydrogen) atoms. The van der Waals surface area contributed by atoms with Crippen molar-refractivity contribution in [1.82, 2.24) is 5.32 Å². The summed E-state index contributed by atoms with van der Waals surface area (Å²) in [5, 5.41) is 3.52. The topological polar surface area (TPSA) is 21.3 Å². The zero-order chi connectivity index (χ0) is 10.7. The second-order valence-corrected chi connectivity index (χ2v) is 4.77. The van der Waals surface area contributed by atoms with E-state index in [1.54, 1.807) is 7.11 Å². The van der Waals surface area contributed by atoms with Gasteiger partial charge in [-0.05, 0) is 24.5 Å². The Kier molecular flexibility index (Phi) is 3.78. The van der Waals surface area contributed by atoms with Crippen molar-refractivity contribution in [2.75, 3.05) is 13.7 Å². The molecule has 1 N–H and O–H groups in total. The van der Waals surface area contributed by atoms with Crippen LogP contribution >= 0.6 is 15.9 Å². The molecule has 0 saturated carbocycles. The lowest BCUT2D eigenvalue weighted by Crippen LogP contribution is -2.37. The van der Waals surface area contributed by atoms with Crippen LogP contribution in [0.3, 0.4) is 0 Å². The molecule has 0 radical (unpaired) electrons. The third kappa shape index (κ3) is 2.60. The second kappa shape index (κ2) is 5.10. The molecule has 2 atom stereocenters. The summed E-state index contributed by atoms with van der Waals surface area (Å²) in [6.07, 6.45) is 2.65. The van der Waals surface area contributed by atoms with E-state index < -0.39 is 0 Å². The maximum Gasteiger partial charge on any atom is 0.0696 e. The third-order valence-corrected chi connectivity index (χ3v) is 3.71. The standard InChI is InChI=1S/C12H16BrNO/c1-15-9-6-7-12(14-8-9)10-4-2-3-5-11(10)13/h2-5,9,12,14H,6-8H2,1H3. The largest absolute Gasteiger partial charge is 0.380 e. The fraction of sp³-hybridized carbons (Fsp3) is 0.500. The van der Waals surface area contributed by atoms with E-state index in [-0.39, 0.29) is 0 Å². The lowest BCUT2D eigenvalue weighted by molar-refractivity contribution is 0.0704. The highest BCUT2D eigenvalue weighted by Gasteiger charge is 2.22. The maximum absolute atomic E-state index is 5.33. The average molecular weight is 270 g/mol. The number of ether oxygens (including phenoxy) is 1. The Labute approximate surface area is 99.1 Å². The van der Waals surface area contributed by atoms with Crippen LogP contribution in [0.5, 0.6) is 0 Å². The minimum Gasteiger partial charge on any atom is -0.380 e. The van der Waals surface area contributed by atoms with E-state index in [1.165, 1.54) is 10.0 Å². The summed E-state index contributed by atoms with van der Waals surface area (Å²) < 4.78 is 6.52. The molecule has 0 aromatic heterocycles. The van der Waals surface area contributed by atoms with Gasteiger partial charge in [-0.1, -0.05) is 34.1 Å². The van der Waals surface area contributed by atoms with E-state index in [9.17, 15) is 0 Å². The van der Waals surface area contributed by atoms with Crippen molar-refractivity contribution < 1.29 is 4.74 Å². The summed E-state index contributed by atoms with van der Waals surface area (Å²) in [7, 11) is 1.78. The summed E-state index contributed by atoms with van der Waals surface area (Å²) in [5.74, 6) is 0. The highest BCUT2D eigenvalue weighted by atomic mass is 79.9. The number of hydrogen-bond donors (Lipinski definition) is 1. The van der Waals surface area contributed by atoms with E-state index in [1.807, 2.05) is 6.07 Å². The number of piperidine rings is 1. The van der Waals surface area contributed by atoms with Gasteiger partial charge >= 0.3 is 0 Å². The van der Waals surface area contributed by atoms with E-state index in [0.717, 1.165) is 19.4 Å². The second-order valence-electron chi connectivity index (χ2n) is 3.92. The van der Waals surface area contributed by atoms with Gasteiger partial charge in [-0.25, -0.2) is 0 Å². The van der Waals surface area contributed by atoms with Crippen LogP contribution in [-0.4, -0.2) is 19.8 Å². The van der Waals surface area contributed by atoms with Gasteiger partial charge in [-0.2, -0.15) is 0 Å². The van der Waals surface area contributed by atoms with Crippen LogP contribution in [0.2, 0.25) is 0 Å². The molecule has 1 aliphatic rings. The van der Waals surface area contributed by atoms with Crippen molar-refractivity contribution >= 4 is 15.9 Å². The van der Waals surface area contributed by atoms with Gasteiger partial charge in [0.1, 0.15) is 0 Å². The van der Waals surface area contributed by atoms with Crippen molar-refractivity contribution in [3.63, 3.8) is 0 Å². The highest BCUT2D eigenvalue weighted by Crippen LogP contribution is 2.29. The Morgan fingerprint density at radius 1 is 1.33 bits per heavy atom. The normalized spacial score (nSPS) is 26.5. The van der Waals surface area contributed by atoms with Crippen molar-refractivity contribution in [3.8, 4) is 0 Å². The molecule has 1 heterocycles. The van der Waals surface area contributed by atoms with Crippen LogP contribution in [0.4, 0.5) is 0 Å². The number of methoxy groups -OCH3 is 1. The van der Waals surface area contributed by atoms with E-state index in [0.29, 0.717) is 12.1 Å². The summed E-state index contributed by atoms with van der Waals surface area (Å²) >= 11 is 3.59. The Balaban J connectivity index is 2.04. The smallest absolute Gasteiger partial charge is 0.0696 e. The molecule has 1 fully saturated rings. The Bertz CT molecular complexity index is 321. The molecule has 1 aromatic rings. The molecule has 2 unspecified atom stereocenters. The molecule has 0 aliphatic carbocycles. The van der Waals surface area contributed by atoms with E-state index >= 15 is 0 Å². The van der Waals surface area contributed by atoms with Gasteiger partial charge in [-0.15, -0.1) is 0 Å². The first-order chi connectivity index (χ1) is 7.31. The first-order valence-corrected chi connectivity index (χ1v) is 6.11. The quantitative estimate of drug-likeness (QED) is 0.892. The van der Waals surface area contributed by atoms with Crippen LogP contribution in [0.1, 0.15) is 24.4 Å². The minimum atomic E-state index is 0.378. The van der Waals surface area contributed by atoms with Gasteiger partial charge in [-0.3, -0.25) is 0 Å². The number of halogens is 1. The average Bonchev–Trinajstić information content (AvgIpc) is 2.30. The van der Waals surface area contributed by atoms with Crippen LogP contribution in [0.25, 0.3) is 0 Å². The number of benzene rings is 1. The monoisotopic (exact) mass is 269 g/mol. The van der Waals surface area contributed by atoms with Gasteiger partial charge in [0.15, 0.2) is 0 Å². The molecule has 0 bridgehead atoms. The highest BCUT2D eigenvalue weighted by molar-refractivity contribution is 9.10. The van der Waals surface area contributed by atoms with E-state index in [4.69, 9.17) is 4.74 Å². The molecule has 2 nitrogen and oxygen atoms in total. The van der Waals surface area contributed by atoms with Crippen LogP contribution in [0.15, 0.2) is 28.7 Å². The molecule has 0 spiro atoms. The van der Waals surface area contributed by atoms with Gasteiger partial charge in [0, 0.05) is 24.2 Å². The number of hydrogen-bond acceptors (Lipinski definition) is 2. The predicted octanol–water partition coefficient (Wildman–Crippen LogP) is 2.89. The lowest BCUT2D eigenvalue weighted by Gasteiger charge is -2.29.